The van der Waals surface area contributed by atoms with E-state index in [0.29, 0.717) is 11.3 Å². The maximum Gasteiger partial charge on any atom is 0.435 e. The van der Waals surface area contributed by atoms with E-state index < -0.39 is 52.2 Å². The Morgan fingerprint density at radius 3 is 2.42 bits per heavy atom. The fraction of sp³-hybridized carbons (Fsp3) is 0.227. The number of hydrogen-bond acceptors (Lipinski definition) is 5. The van der Waals surface area contributed by atoms with Gasteiger partial charge in [-0.1, -0.05) is 16.8 Å². The highest BCUT2D eigenvalue weighted by atomic mass is 35.5. The summed E-state index contributed by atoms with van der Waals surface area (Å²) in [6, 6.07) is 4.65. The Hall–Kier alpha value is -3.19. The van der Waals surface area contributed by atoms with Crippen molar-refractivity contribution in [3.05, 3.63) is 80.0 Å². The number of thiophene rings is 1. The molecule has 0 spiro atoms. The summed E-state index contributed by atoms with van der Waals surface area (Å²) in [4.78, 5) is 21.4. The summed E-state index contributed by atoms with van der Waals surface area (Å²) < 4.78 is 97.1. The number of halogens is 8. The third-order valence-electron chi connectivity index (χ3n) is 5.32. The number of alkyl halides is 6. The molecule has 0 saturated heterocycles. The molecular formula is C22H13ClF7N3O2S. The van der Waals surface area contributed by atoms with Crippen LogP contribution in [0.25, 0.3) is 0 Å². The topological polar surface area (TPSA) is 63.6 Å². The Balaban J connectivity index is 1.70. The number of aryl methyl sites for hydroxylation is 1. The molecule has 2 aromatic heterocycles. The van der Waals surface area contributed by atoms with Crippen LogP contribution >= 0.6 is 22.9 Å². The zero-order valence-electron chi connectivity index (χ0n) is 17.9. The van der Waals surface area contributed by atoms with E-state index in [4.69, 9.17) is 11.6 Å². The van der Waals surface area contributed by atoms with Gasteiger partial charge in [-0.3, -0.25) is 9.78 Å². The van der Waals surface area contributed by atoms with Crippen molar-refractivity contribution in [2.75, 3.05) is 5.32 Å². The van der Waals surface area contributed by atoms with Gasteiger partial charge in [-0.05, 0) is 42.8 Å². The number of rotatable bonds is 4. The van der Waals surface area contributed by atoms with Crippen molar-refractivity contribution in [1.29, 1.82) is 0 Å². The average molecular weight is 552 g/mol. The first-order valence-corrected chi connectivity index (χ1v) is 11.1. The molecule has 190 valence electrons. The van der Waals surface area contributed by atoms with Gasteiger partial charge in [-0.2, -0.15) is 26.3 Å². The van der Waals surface area contributed by atoms with Crippen LogP contribution in [0.2, 0.25) is 5.02 Å². The van der Waals surface area contributed by atoms with E-state index in [0.717, 1.165) is 11.3 Å². The zero-order chi connectivity index (χ0) is 26.5. The molecule has 1 aliphatic heterocycles. The van der Waals surface area contributed by atoms with Crippen LogP contribution in [0.3, 0.4) is 0 Å². The standard InChI is InChI=1S/C22H13ClF7N3O2S/c1-10-6-16(36-18(10)19(34)32-12-2-4-31-5-3-12)15-9-20(35-33-15,22(28,29)30)13-7-11(21(25,26)27)8-14(23)17(13)24/h2-8H,9H2,1H3,(H,31,32,34). The smallest absolute Gasteiger partial charge is 0.374 e. The van der Waals surface area contributed by atoms with Gasteiger partial charge in [-0.15, -0.1) is 11.3 Å². The van der Waals surface area contributed by atoms with Crippen LogP contribution in [0.1, 0.15) is 37.7 Å². The van der Waals surface area contributed by atoms with Crippen LogP contribution in [-0.2, 0) is 16.6 Å². The Kier molecular flexibility index (Phi) is 6.50. The minimum atomic E-state index is -5.37. The highest BCUT2D eigenvalue weighted by Gasteiger charge is 2.64. The number of benzene rings is 1. The molecule has 0 aliphatic carbocycles. The predicted molar refractivity (Wildman–Crippen MR) is 118 cm³/mol. The lowest BCUT2D eigenvalue weighted by Gasteiger charge is -2.30. The second kappa shape index (κ2) is 9.04. The molecule has 1 unspecified atom stereocenters. The largest absolute Gasteiger partial charge is 0.435 e. The van der Waals surface area contributed by atoms with Crippen molar-refractivity contribution < 1.29 is 40.4 Å². The molecule has 3 heterocycles. The van der Waals surface area contributed by atoms with Gasteiger partial charge < -0.3 is 10.2 Å². The van der Waals surface area contributed by atoms with E-state index >= 15 is 0 Å². The van der Waals surface area contributed by atoms with E-state index in [-0.39, 0.29) is 27.6 Å². The Labute approximate surface area is 207 Å². The number of hydrogen-bond donors (Lipinski definition) is 1. The lowest BCUT2D eigenvalue weighted by atomic mass is 9.86. The molecule has 3 aromatic rings. The maximum atomic E-state index is 14.7. The first kappa shape index (κ1) is 25.9. The number of anilines is 1. The van der Waals surface area contributed by atoms with Gasteiger partial charge in [0.25, 0.3) is 11.5 Å². The van der Waals surface area contributed by atoms with Crippen molar-refractivity contribution >= 4 is 40.2 Å². The Bertz CT molecular complexity index is 1360. The van der Waals surface area contributed by atoms with Crippen LogP contribution in [-0.4, -0.2) is 22.8 Å². The second-order valence-corrected chi connectivity index (χ2v) is 9.22. The summed E-state index contributed by atoms with van der Waals surface area (Å²) in [6.07, 6.45) is -8.72. The van der Waals surface area contributed by atoms with Gasteiger partial charge in [0, 0.05) is 23.6 Å². The molecule has 1 N–H and O–H groups in total. The van der Waals surface area contributed by atoms with Gasteiger partial charge in [0.1, 0.15) is 11.5 Å². The predicted octanol–water partition coefficient (Wildman–Crippen LogP) is 7.10. The normalized spacial score (nSPS) is 18.1. The lowest BCUT2D eigenvalue weighted by molar-refractivity contribution is -0.276. The van der Waals surface area contributed by atoms with Crippen molar-refractivity contribution in [2.45, 2.75) is 31.3 Å². The quantitative estimate of drug-likeness (QED) is 0.352. The molecular weight excluding hydrogens is 539 g/mol. The molecule has 0 bridgehead atoms. The summed E-state index contributed by atoms with van der Waals surface area (Å²) >= 11 is 6.31. The van der Waals surface area contributed by atoms with E-state index in [2.05, 4.69) is 20.3 Å². The molecule has 5 nitrogen and oxygen atoms in total. The van der Waals surface area contributed by atoms with Crippen molar-refractivity contribution in [3.8, 4) is 0 Å². The van der Waals surface area contributed by atoms with Crippen molar-refractivity contribution in [2.24, 2.45) is 5.16 Å². The van der Waals surface area contributed by atoms with Gasteiger partial charge >= 0.3 is 12.4 Å². The highest BCUT2D eigenvalue weighted by Crippen LogP contribution is 2.51. The number of amides is 1. The second-order valence-electron chi connectivity index (χ2n) is 7.76. The monoisotopic (exact) mass is 551 g/mol. The van der Waals surface area contributed by atoms with Gasteiger partial charge in [0.15, 0.2) is 0 Å². The molecule has 14 heteroatoms. The van der Waals surface area contributed by atoms with E-state index in [1.807, 2.05) is 0 Å². The van der Waals surface area contributed by atoms with Gasteiger partial charge in [0.05, 0.1) is 26.8 Å². The molecule has 1 aliphatic rings. The number of carbonyl (C=O) groups excluding carboxylic acids is 1. The van der Waals surface area contributed by atoms with Gasteiger partial charge in [-0.25, -0.2) is 4.39 Å². The molecule has 4 rings (SSSR count). The molecule has 0 radical (unpaired) electrons. The fourth-order valence-corrected chi connectivity index (χ4v) is 4.80. The molecule has 0 saturated carbocycles. The zero-order valence-corrected chi connectivity index (χ0v) is 19.5. The molecule has 1 aromatic carbocycles. The van der Waals surface area contributed by atoms with Crippen LogP contribution in [0.4, 0.5) is 36.4 Å². The summed E-state index contributed by atoms with van der Waals surface area (Å²) in [7, 11) is 0. The van der Waals surface area contributed by atoms with E-state index in [9.17, 15) is 35.5 Å². The van der Waals surface area contributed by atoms with Crippen molar-refractivity contribution in [1.82, 2.24) is 4.98 Å². The summed E-state index contributed by atoms with van der Waals surface area (Å²) in [5.74, 6) is -2.26. The summed E-state index contributed by atoms with van der Waals surface area (Å²) in [5.41, 5.74) is -6.07. The van der Waals surface area contributed by atoms with Crippen LogP contribution in [0.15, 0.2) is 47.9 Å². The summed E-state index contributed by atoms with van der Waals surface area (Å²) in [5, 5.41) is 4.90. The summed E-state index contributed by atoms with van der Waals surface area (Å²) in [6.45, 7) is 1.54. The molecule has 36 heavy (non-hydrogen) atoms. The first-order valence-electron chi connectivity index (χ1n) is 9.93. The number of oxime groups is 1. The third kappa shape index (κ3) is 4.64. The number of carbonyl (C=O) groups is 1. The van der Waals surface area contributed by atoms with Crippen LogP contribution < -0.4 is 5.32 Å². The van der Waals surface area contributed by atoms with Crippen LogP contribution in [0, 0.1) is 12.7 Å². The maximum absolute atomic E-state index is 14.7. The van der Waals surface area contributed by atoms with Gasteiger partial charge in [0.2, 0.25) is 0 Å². The Morgan fingerprint density at radius 2 is 1.81 bits per heavy atom. The fourth-order valence-electron chi connectivity index (χ4n) is 3.53. The SMILES string of the molecule is Cc1cc(C2=NOC(c3cc(C(F)(F)F)cc(Cl)c3F)(C(F)(F)F)C2)sc1C(=O)Nc1ccncc1. The van der Waals surface area contributed by atoms with Crippen molar-refractivity contribution in [3.63, 3.8) is 0 Å². The molecule has 1 atom stereocenters. The number of nitrogens with zero attached hydrogens (tertiary/aromatic N) is 2. The number of aromatic nitrogens is 1. The molecule has 0 fully saturated rings. The molecule has 1 amide bonds. The van der Waals surface area contributed by atoms with Crippen LogP contribution in [0.5, 0.6) is 0 Å². The Morgan fingerprint density at radius 1 is 1.14 bits per heavy atom. The minimum absolute atomic E-state index is 0.0143. The minimum Gasteiger partial charge on any atom is -0.374 e. The highest BCUT2D eigenvalue weighted by molar-refractivity contribution is 7.16. The lowest BCUT2D eigenvalue weighted by Crippen LogP contribution is -2.43. The third-order valence-corrected chi connectivity index (χ3v) is 6.88. The van der Waals surface area contributed by atoms with E-state index in [1.54, 1.807) is 6.92 Å². The van der Waals surface area contributed by atoms with E-state index in [1.165, 1.54) is 30.6 Å². The number of pyridine rings is 1. The first-order chi connectivity index (χ1) is 16.7. The number of nitrogens with one attached hydrogen (secondary N) is 1. The average Bonchev–Trinajstić information content (AvgIpc) is 3.40.